The molecule has 2 heterocycles. The van der Waals surface area contributed by atoms with Gasteiger partial charge in [0.1, 0.15) is 11.5 Å². The molecule has 0 saturated carbocycles. The van der Waals surface area contributed by atoms with Crippen LogP contribution in [0.5, 0.6) is 11.5 Å². The van der Waals surface area contributed by atoms with Crippen LogP contribution in [0.3, 0.4) is 0 Å². The van der Waals surface area contributed by atoms with E-state index in [4.69, 9.17) is 19.7 Å². The smallest absolute Gasteiger partial charge is 0.481 e. The molecule has 13 nitrogen and oxygen atoms in total. The lowest BCUT2D eigenvalue weighted by atomic mass is 10.1. The summed E-state index contributed by atoms with van der Waals surface area (Å²) in [6, 6.07) is 20.8. The molecule has 0 aliphatic heterocycles. The fraction of sp³-hybridized carbons (Fsp3) is 0.300. The summed E-state index contributed by atoms with van der Waals surface area (Å²) < 4.78 is 94.0. The highest BCUT2D eigenvalue weighted by atomic mass is 19.4. The van der Waals surface area contributed by atoms with Gasteiger partial charge in [0.2, 0.25) is 5.91 Å². The summed E-state index contributed by atoms with van der Waals surface area (Å²) >= 11 is 0. The number of benzene rings is 4. The van der Waals surface area contributed by atoms with Gasteiger partial charge >= 0.3 is 30.2 Å². The first-order chi connectivity index (χ1) is 27.6. The van der Waals surface area contributed by atoms with Crippen LogP contribution in [-0.2, 0) is 22.7 Å². The molecule has 59 heavy (non-hydrogen) atoms. The molecule has 0 aliphatic rings. The van der Waals surface area contributed by atoms with Gasteiger partial charge in [-0.05, 0) is 90.7 Å². The fourth-order valence-corrected chi connectivity index (χ4v) is 5.42. The number of carboxylic acid groups (broad SMARTS) is 1. The molecule has 0 bridgehead atoms. The molecule has 0 spiro atoms. The molecule has 0 saturated heterocycles. The van der Waals surface area contributed by atoms with E-state index < -0.39 is 30.2 Å². The number of rotatable bonds is 11. The summed E-state index contributed by atoms with van der Waals surface area (Å²) in [4.78, 5) is 46.6. The predicted octanol–water partition coefficient (Wildman–Crippen LogP) is 8.06. The van der Waals surface area contributed by atoms with Gasteiger partial charge in [0.05, 0.1) is 17.5 Å². The summed E-state index contributed by atoms with van der Waals surface area (Å²) in [5.74, 6) is -3.15. The molecule has 4 N–H and O–H groups in total. The maximum Gasteiger partial charge on any atom is 0.573 e. The maximum atomic E-state index is 12.3. The molecular formula is C40H40F6N4O9. The van der Waals surface area contributed by atoms with E-state index in [-0.39, 0.29) is 49.4 Å². The Kier molecular flexibility index (Phi) is 14.8. The Hall–Kier alpha value is -6.50. The van der Waals surface area contributed by atoms with Gasteiger partial charge in [-0.2, -0.15) is 0 Å². The molecule has 0 unspecified atom stereocenters. The minimum atomic E-state index is -4.77. The first kappa shape index (κ1) is 45.2. The van der Waals surface area contributed by atoms with Crippen LogP contribution in [0.15, 0.2) is 103 Å². The highest BCUT2D eigenvalue weighted by Crippen LogP contribution is 2.30. The van der Waals surface area contributed by atoms with Crippen molar-refractivity contribution in [3.63, 3.8) is 0 Å². The van der Waals surface area contributed by atoms with Gasteiger partial charge in [0, 0.05) is 25.6 Å². The lowest BCUT2D eigenvalue weighted by Crippen LogP contribution is -2.31. The Labute approximate surface area is 331 Å². The average Bonchev–Trinajstić information content (AvgIpc) is 3.61. The number of oxazole rings is 2. The van der Waals surface area contributed by atoms with Crippen molar-refractivity contribution in [3.8, 4) is 33.8 Å². The van der Waals surface area contributed by atoms with Gasteiger partial charge in [-0.15, -0.1) is 26.3 Å². The quantitative estimate of drug-likeness (QED) is 0.108. The molecular weight excluding hydrogens is 794 g/mol. The molecule has 6 rings (SSSR count). The minimum Gasteiger partial charge on any atom is -0.481 e. The largest absolute Gasteiger partial charge is 0.573 e. The first-order valence-corrected chi connectivity index (χ1v) is 17.8. The number of aryl methyl sites for hydroxylation is 2. The van der Waals surface area contributed by atoms with E-state index >= 15 is 0 Å². The summed E-state index contributed by atoms with van der Waals surface area (Å²) in [6.45, 7) is 7.67. The molecule has 2 aromatic heterocycles. The molecule has 0 atom stereocenters. The number of hydrogen-bond acceptors (Lipinski definition) is 9. The number of alkyl halides is 6. The number of ether oxygens (including phenoxy) is 2. The lowest BCUT2D eigenvalue weighted by molar-refractivity contribution is -0.275. The number of halogens is 6. The Morgan fingerprint density at radius 1 is 0.661 bits per heavy atom. The summed E-state index contributed by atoms with van der Waals surface area (Å²) in [5, 5.41) is 11.5. The number of nitrogens with zero attached hydrogens (tertiary/aromatic N) is 2. The Balaban J connectivity index is 0.000000240. The van der Waals surface area contributed by atoms with Crippen LogP contribution in [0, 0.1) is 0 Å². The van der Waals surface area contributed by atoms with E-state index in [1.807, 2.05) is 27.7 Å². The van der Waals surface area contributed by atoms with Gasteiger partial charge < -0.3 is 34.5 Å². The number of hydrogen-bond donors (Lipinski definition) is 3. The molecule has 1 amide bonds. The Bertz CT molecular complexity index is 2460. The number of carboxylic acids is 1. The molecule has 0 aliphatic carbocycles. The van der Waals surface area contributed by atoms with E-state index in [2.05, 4.69) is 14.8 Å². The normalized spacial score (nSPS) is 11.5. The van der Waals surface area contributed by atoms with Crippen LogP contribution in [0.4, 0.5) is 26.3 Å². The molecule has 4 aromatic carbocycles. The van der Waals surface area contributed by atoms with E-state index in [0.29, 0.717) is 50.5 Å². The van der Waals surface area contributed by atoms with Crippen molar-refractivity contribution in [2.75, 3.05) is 0 Å². The van der Waals surface area contributed by atoms with Crippen molar-refractivity contribution in [2.45, 2.75) is 78.4 Å². The molecule has 0 radical (unpaired) electrons. The summed E-state index contributed by atoms with van der Waals surface area (Å²) in [5.41, 5.74) is 9.21. The van der Waals surface area contributed by atoms with Crippen LogP contribution >= 0.6 is 0 Å². The van der Waals surface area contributed by atoms with E-state index in [1.165, 1.54) is 57.7 Å². The number of nitrogens with two attached hydrogens (primary N) is 1. The minimum absolute atomic E-state index is 0.00350. The van der Waals surface area contributed by atoms with E-state index in [1.54, 1.807) is 36.4 Å². The third-order valence-corrected chi connectivity index (χ3v) is 7.74. The van der Waals surface area contributed by atoms with Crippen LogP contribution in [0.2, 0.25) is 0 Å². The second-order valence-electron chi connectivity index (χ2n) is 13.4. The van der Waals surface area contributed by atoms with Crippen LogP contribution in [0.1, 0.15) is 40.5 Å². The molecule has 6 aromatic rings. The van der Waals surface area contributed by atoms with Crippen molar-refractivity contribution in [1.82, 2.24) is 14.5 Å². The van der Waals surface area contributed by atoms with Crippen molar-refractivity contribution in [2.24, 2.45) is 5.73 Å². The van der Waals surface area contributed by atoms with Crippen molar-refractivity contribution in [3.05, 3.63) is 106 Å². The Morgan fingerprint density at radius 2 is 1.02 bits per heavy atom. The molecule has 316 valence electrons. The number of amides is 1. The lowest BCUT2D eigenvalue weighted by Gasteiger charge is -2.10. The standard InChI is InChI=1S/C20H19F3N2O4.C17H12F3NO5.C3H9N/c1-12(2)24-18(26)9-10-25-16-11-14(5-8-17(16)28-19(25)27)13-3-6-15(7-4-13)29-20(21,22)23;18-17(19,20)26-12-4-1-10(2-5-12)11-3-6-14-13(9-11)21(16(24)25-14)8-7-15(22)23;1-3(2)4/h3-8,11-12H,9-10H2,1-2H3,(H,24,26);1-6,9H,7-8H2,(H,22,23);3H,4H2,1-2H3. The number of carbonyl (C=O) groups is 2. The maximum absolute atomic E-state index is 12.3. The van der Waals surface area contributed by atoms with Crippen LogP contribution in [-0.4, -0.2) is 50.9 Å². The van der Waals surface area contributed by atoms with Gasteiger partial charge in [-0.1, -0.05) is 50.2 Å². The number of aliphatic carboxylic acids is 1. The van der Waals surface area contributed by atoms with Gasteiger partial charge in [0.15, 0.2) is 11.2 Å². The van der Waals surface area contributed by atoms with E-state index in [0.717, 1.165) is 0 Å². The number of fused-ring (bicyclic) bond motifs is 2. The third kappa shape index (κ3) is 13.8. The zero-order valence-corrected chi connectivity index (χ0v) is 32.0. The second kappa shape index (κ2) is 19.3. The average molecular weight is 835 g/mol. The SMILES string of the molecule is CC(C)N.CC(C)NC(=O)CCn1c(=O)oc2ccc(-c3ccc(OC(F)(F)F)cc3)cc21.O=C(O)CCn1c(=O)oc2ccc(-c3ccc(OC(F)(F)F)cc3)cc21. The van der Waals surface area contributed by atoms with E-state index in [9.17, 15) is 45.5 Å². The number of nitrogens with one attached hydrogen (secondary N) is 1. The first-order valence-electron chi connectivity index (χ1n) is 17.8. The zero-order valence-electron chi connectivity index (χ0n) is 32.0. The van der Waals surface area contributed by atoms with Gasteiger partial charge in [-0.25, -0.2) is 9.59 Å². The summed E-state index contributed by atoms with van der Waals surface area (Å²) in [6.07, 6.45) is -9.66. The topological polar surface area (TPSA) is 181 Å². The van der Waals surface area contributed by atoms with Crippen LogP contribution < -0.4 is 32.0 Å². The third-order valence-electron chi connectivity index (χ3n) is 7.74. The van der Waals surface area contributed by atoms with Crippen molar-refractivity contribution < 1.29 is 59.3 Å². The van der Waals surface area contributed by atoms with Crippen LogP contribution in [0.25, 0.3) is 44.5 Å². The predicted molar refractivity (Wildman–Crippen MR) is 205 cm³/mol. The monoisotopic (exact) mass is 834 g/mol. The summed E-state index contributed by atoms with van der Waals surface area (Å²) in [7, 11) is 0. The highest BCUT2D eigenvalue weighted by molar-refractivity contribution is 5.82. The number of carbonyl (C=O) groups excluding carboxylic acids is 1. The van der Waals surface area contributed by atoms with Gasteiger partial charge in [-0.3, -0.25) is 18.7 Å². The molecule has 0 fully saturated rings. The molecule has 19 heteroatoms. The number of aromatic nitrogens is 2. The van der Waals surface area contributed by atoms with Gasteiger partial charge in [0.25, 0.3) is 0 Å². The second-order valence-corrected chi connectivity index (χ2v) is 13.4. The van der Waals surface area contributed by atoms with Crippen molar-refractivity contribution in [1.29, 1.82) is 0 Å². The van der Waals surface area contributed by atoms with Crippen molar-refractivity contribution >= 4 is 34.1 Å². The Morgan fingerprint density at radius 3 is 1.36 bits per heavy atom. The zero-order chi connectivity index (χ0) is 43.7. The fourth-order valence-electron chi connectivity index (χ4n) is 5.42. The highest BCUT2D eigenvalue weighted by Gasteiger charge is 2.31.